The first-order valence-corrected chi connectivity index (χ1v) is 11.3. The maximum Gasteiger partial charge on any atom is 0.341 e. The molecule has 190 valence electrons. The van der Waals surface area contributed by atoms with E-state index in [9.17, 15) is 24.3 Å². The van der Waals surface area contributed by atoms with Crippen molar-refractivity contribution < 1.29 is 38.5 Å². The Morgan fingerprint density at radius 3 is 2.21 bits per heavy atom. The summed E-state index contributed by atoms with van der Waals surface area (Å²) in [5, 5.41) is 11.0. The van der Waals surface area contributed by atoms with E-state index in [1.165, 1.54) is 5.57 Å². The van der Waals surface area contributed by atoms with Crippen LogP contribution in [0.25, 0.3) is 0 Å². The molecule has 0 saturated heterocycles. The molecule has 0 unspecified atom stereocenters. The van der Waals surface area contributed by atoms with Crippen LogP contribution in [0.4, 0.5) is 0 Å². The lowest BCUT2D eigenvalue weighted by atomic mass is 9.66. The number of Topliss-reactive ketones (excluding diaryl/α,β-unsaturated/α-hetero) is 1. The van der Waals surface area contributed by atoms with Crippen LogP contribution in [0.15, 0.2) is 34.4 Å². The molecule has 8 heteroatoms. The van der Waals surface area contributed by atoms with E-state index in [4.69, 9.17) is 14.2 Å². The highest BCUT2D eigenvalue weighted by atomic mass is 16.5. The molecule has 34 heavy (non-hydrogen) atoms. The summed E-state index contributed by atoms with van der Waals surface area (Å²) in [6, 6.07) is 0. The third-order valence-corrected chi connectivity index (χ3v) is 5.79. The Morgan fingerprint density at radius 2 is 1.71 bits per heavy atom. The van der Waals surface area contributed by atoms with Crippen LogP contribution in [0.3, 0.4) is 0 Å². The number of hydrogen-bond acceptors (Lipinski definition) is 8. The van der Waals surface area contributed by atoms with Gasteiger partial charge in [0.25, 0.3) is 0 Å². The first-order valence-electron chi connectivity index (χ1n) is 11.3. The van der Waals surface area contributed by atoms with E-state index in [0.717, 1.165) is 26.2 Å². The van der Waals surface area contributed by atoms with Gasteiger partial charge in [0.05, 0.1) is 25.7 Å². The molecular weight excluding hydrogens is 440 g/mol. The number of carbonyl (C=O) groups excluding carboxylic acids is 4. The molecular formula is C26H38O8. The molecule has 0 heterocycles. The molecule has 0 aliphatic heterocycles. The molecule has 0 bridgehead atoms. The largest absolute Gasteiger partial charge is 0.468 e. The van der Waals surface area contributed by atoms with Crippen molar-refractivity contribution >= 4 is 23.7 Å². The van der Waals surface area contributed by atoms with Crippen LogP contribution in [0.1, 0.15) is 67.2 Å². The molecule has 0 radical (unpaired) electrons. The Bertz CT molecular complexity index is 896. The summed E-state index contributed by atoms with van der Waals surface area (Å²) in [5.41, 5.74) is -0.986. The number of aliphatic hydroxyl groups is 1. The quantitative estimate of drug-likeness (QED) is 0.176. The minimum atomic E-state index is -2.01. The van der Waals surface area contributed by atoms with Gasteiger partial charge in [-0.1, -0.05) is 23.3 Å². The van der Waals surface area contributed by atoms with Crippen LogP contribution in [-0.2, 0) is 33.4 Å². The van der Waals surface area contributed by atoms with Gasteiger partial charge in [-0.2, -0.15) is 0 Å². The van der Waals surface area contributed by atoms with E-state index in [2.05, 4.69) is 6.08 Å². The Hall–Kier alpha value is -2.74. The highest BCUT2D eigenvalue weighted by Gasteiger charge is 2.57. The van der Waals surface area contributed by atoms with E-state index in [0.29, 0.717) is 6.42 Å². The lowest BCUT2D eigenvalue weighted by Gasteiger charge is -2.38. The number of rotatable bonds is 9. The second-order valence-electron chi connectivity index (χ2n) is 9.88. The van der Waals surface area contributed by atoms with E-state index in [1.54, 1.807) is 26.8 Å². The van der Waals surface area contributed by atoms with Crippen LogP contribution in [-0.4, -0.2) is 55.7 Å². The van der Waals surface area contributed by atoms with Gasteiger partial charge in [0, 0.05) is 6.42 Å². The SMILES string of the molecule is COC(=O)C1=C(COC(=O)C(C)(C)C)C[C@H](O)[C@@](C/C=C(\C)CCC=C(C)C)(C(=O)OC)C1=O. The molecule has 0 aromatic heterocycles. The van der Waals surface area contributed by atoms with Gasteiger partial charge in [-0.3, -0.25) is 14.4 Å². The third kappa shape index (κ3) is 6.88. The van der Waals surface area contributed by atoms with Crippen LogP contribution in [0, 0.1) is 10.8 Å². The van der Waals surface area contributed by atoms with Crippen molar-refractivity contribution in [3.8, 4) is 0 Å². The van der Waals surface area contributed by atoms with Crippen molar-refractivity contribution in [1.29, 1.82) is 0 Å². The molecule has 0 amide bonds. The summed E-state index contributed by atoms with van der Waals surface area (Å²) in [7, 11) is 2.23. The Balaban J connectivity index is 3.42. The Morgan fingerprint density at radius 1 is 1.09 bits per heavy atom. The number of methoxy groups -OCH3 is 2. The van der Waals surface area contributed by atoms with Gasteiger partial charge < -0.3 is 19.3 Å². The van der Waals surface area contributed by atoms with Crippen LogP contribution < -0.4 is 0 Å². The van der Waals surface area contributed by atoms with Gasteiger partial charge >= 0.3 is 17.9 Å². The zero-order valence-electron chi connectivity index (χ0n) is 21.6. The van der Waals surface area contributed by atoms with Crippen LogP contribution in [0.5, 0.6) is 0 Å². The Labute approximate surface area is 202 Å². The van der Waals surface area contributed by atoms with Crippen molar-refractivity contribution in [2.45, 2.75) is 73.3 Å². The van der Waals surface area contributed by atoms with Crippen LogP contribution >= 0.6 is 0 Å². The molecule has 0 spiro atoms. The normalized spacial score (nSPS) is 21.1. The molecule has 2 atom stereocenters. The van der Waals surface area contributed by atoms with Crippen LogP contribution in [0.2, 0.25) is 0 Å². The highest BCUT2D eigenvalue weighted by molar-refractivity contribution is 6.26. The summed E-state index contributed by atoms with van der Waals surface area (Å²) in [5.74, 6) is -3.34. The van der Waals surface area contributed by atoms with E-state index >= 15 is 0 Å². The molecule has 1 rings (SSSR count). The summed E-state index contributed by atoms with van der Waals surface area (Å²) >= 11 is 0. The average Bonchev–Trinajstić information content (AvgIpc) is 2.75. The van der Waals surface area contributed by atoms with Gasteiger partial charge in [0.1, 0.15) is 12.2 Å². The molecule has 1 aliphatic rings. The molecule has 0 aromatic carbocycles. The molecule has 0 aromatic rings. The zero-order valence-corrected chi connectivity index (χ0v) is 21.6. The minimum absolute atomic E-state index is 0.103. The van der Waals surface area contributed by atoms with Gasteiger partial charge in [0.2, 0.25) is 0 Å². The van der Waals surface area contributed by atoms with Gasteiger partial charge in [-0.15, -0.1) is 0 Å². The summed E-state index contributed by atoms with van der Waals surface area (Å²) in [6.07, 6.45) is 3.45. The molecule has 1 N–H and O–H groups in total. The van der Waals surface area contributed by atoms with E-state index in [-0.39, 0.29) is 25.0 Å². The monoisotopic (exact) mass is 478 g/mol. The smallest absolute Gasteiger partial charge is 0.341 e. The van der Waals surface area contributed by atoms with Crippen molar-refractivity contribution in [3.05, 3.63) is 34.4 Å². The molecule has 8 nitrogen and oxygen atoms in total. The van der Waals surface area contributed by atoms with E-state index in [1.807, 2.05) is 20.8 Å². The van der Waals surface area contributed by atoms with Crippen molar-refractivity contribution in [2.24, 2.45) is 10.8 Å². The molecule has 1 aliphatic carbocycles. The average molecular weight is 479 g/mol. The number of carbonyl (C=O) groups is 4. The van der Waals surface area contributed by atoms with Crippen molar-refractivity contribution in [2.75, 3.05) is 20.8 Å². The second-order valence-corrected chi connectivity index (χ2v) is 9.88. The zero-order chi connectivity index (χ0) is 26.3. The summed E-state index contributed by atoms with van der Waals surface area (Å²) in [6.45, 7) is 10.5. The highest BCUT2D eigenvalue weighted by Crippen LogP contribution is 2.42. The number of aliphatic hydroxyl groups excluding tert-OH is 1. The van der Waals surface area contributed by atoms with Gasteiger partial charge in [0.15, 0.2) is 11.2 Å². The van der Waals surface area contributed by atoms with Gasteiger partial charge in [-0.25, -0.2) is 4.79 Å². The summed E-state index contributed by atoms with van der Waals surface area (Å²) < 4.78 is 15.0. The topological polar surface area (TPSA) is 116 Å². The lowest BCUT2D eigenvalue weighted by molar-refractivity contribution is -0.167. The molecule has 0 fully saturated rings. The van der Waals surface area contributed by atoms with Crippen molar-refractivity contribution in [3.63, 3.8) is 0 Å². The molecule has 0 saturated carbocycles. The maximum atomic E-state index is 13.6. The maximum absolute atomic E-state index is 13.6. The predicted molar refractivity (Wildman–Crippen MR) is 127 cm³/mol. The first-order chi connectivity index (χ1) is 15.7. The Kier molecular flexibility index (Phi) is 10.4. The number of ether oxygens (including phenoxy) is 3. The standard InChI is InChI=1S/C26H38O8/c1-16(2)10-9-11-17(3)12-13-26(24(31)33-8)19(27)14-18(15-34-23(30)25(4,5)6)20(21(26)28)22(29)32-7/h10,12,19,27H,9,11,13-15H2,1-8H3/b17-12+/t19-,26+/m0/s1. The van der Waals surface area contributed by atoms with Gasteiger partial charge in [-0.05, 0) is 66.4 Å². The lowest BCUT2D eigenvalue weighted by Crippen LogP contribution is -2.54. The van der Waals surface area contributed by atoms with Crippen molar-refractivity contribution in [1.82, 2.24) is 0 Å². The second kappa shape index (κ2) is 12.1. The number of ketones is 1. The predicted octanol–water partition coefficient (Wildman–Crippen LogP) is 3.62. The number of allylic oxidation sites excluding steroid dienone is 4. The number of esters is 3. The fraction of sp³-hybridized carbons (Fsp3) is 0.615. The minimum Gasteiger partial charge on any atom is -0.468 e. The first kappa shape index (κ1) is 29.3. The van der Waals surface area contributed by atoms with E-state index < -0.39 is 46.2 Å². The third-order valence-electron chi connectivity index (χ3n) is 5.79. The summed E-state index contributed by atoms with van der Waals surface area (Å²) in [4.78, 5) is 51.3. The number of hydrogen-bond donors (Lipinski definition) is 1. The fourth-order valence-electron chi connectivity index (χ4n) is 3.63. The fourth-order valence-corrected chi connectivity index (χ4v) is 3.63.